The number of halogens is 3. The molecule has 0 spiro atoms. The van der Waals surface area contributed by atoms with E-state index in [-0.39, 0.29) is 6.42 Å². The Kier molecular flexibility index (Phi) is 3.17. The first kappa shape index (κ1) is 13.2. The lowest BCUT2D eigenvalue weighted by Gasteiger charge is -2.34. The van der Waals surface area contributed by atoms with Crippen molar-refractivity contribution in [1.29, 1.82) is 0 Å². The molecule has 1 aliphatic rings. The second kappa shape index (κ2) is 3.85. The molecule has 3 nitrogen and oxygen atoms in total. The molecule has 1 N–H and O–H groups in total. The van der Waals surface area contributed by atoms with Crippen LogP contribution in [0.25, 0.3) is 0 Å². The lowest BCUT2D eigenvalue weighted by Crippen LogP contribution is -2.52. The van der Waals surface area contributed by atoms with E-state index in [2.05, 4.69) is 11.3 Å². The predicted octanol–water partition coefficient (Wildman–Crippen LogP) is 1.46. The molecule has 0 aromatic rings. The van der Waals surface area contributed by atoms with E-state index in [1.807, 2.05) is 0 Å². The zero-order chi connectivity index (χ0) is 12.6. The number of ether oxygens (including phenoxy) is 1. The molecule has 0 bridgehead atoms. The normalized spacial score (nSPS) is 28.3. The second-order valence-corrected chi connectivity index (χ2v) is 3.99. The van der Waals surface area contributed by atoms with Gasteiger partial charge in [0.25, 0.3) is 0 Å². The number of carbonyl (C=O) groups excluding carboxylic acids is 1. The van der Waals surface area contributed by atoms with Crippen molar-refractivity contribution in [3.8, 4) is 0 Å². The minimum Gasteiger partial charge on any atom is -0.396 e. The van der Waals surface area contributed by atoms with Crippen LogP contribution in [0.5, 0.6) is 0 Å². The number of alkyl halides is 3. The quantitative estimate of drug-likeness (QED) is 0.582. The Morgan fingerprint density at radius 1 is 1.62 bits per heavy atom. The molecule has 2 atom stereocenters. The topological polar surface area (TPSA) is 49.8 Å². The van der Waals surface area contributed by atoms with Gasteiger partial charge < -0.3 is 9.84 Å². The van der Waals surface area contributed by atoms with Gasteiger partial charge in [-0.25, -0.2) is 0 Å². The molecule has 0 radical (unpaired) electrons. The summed E-state index contributed by atoms with van der Waals surface area (Å²) < 4.78 is 43.0. The summed E-state index contributed by atoms with van der Waals surface area (Å²) in [5.41, 5.74) is -4.27. The van der Waals surface area contributed by atoms with Crippen molar-refractivity contribution in [3.63, 3.8) is 0 Å². The van der Waals surface area contributed by atoms with Crippen LogP contribution in [-0.2, 0) is 9.53 Å². The number of aliphatic hydroxyl groups excluding tert-OH is 1. The maximum absolute atomic E-state index is 12.8. The molecule has 1 heterocycles. The van der Waals surface area contributed by atoms with Crippen LogP contribution in [0, 0.1) is 5.41 Å². The summed E-state index contributed by atoms with van der Waals surface area (Å²) in [5, 5.41) is 8.79. The average Bonchev–Trinajstić information content (AvgIpc) is 2.96. The van der Waals surface area contributed by atoms with Crippen molar-refractivity contribution in [2.45, 2.75) is 25.1 Å². The summed E-state index contributed by atoms with van der Waals surface area (Å²) in [7, 11) is 0. The van der Waals surface area contributed by atoms with E-state index >= 15 is 0 Å². The summed E-state index contributed by atoms with van der Waals surface area (Å²) in [6, 6.07) is 0. The van der Waals surface area contributed by atoms with E-state index in [1.165, 1.54) is 0 Å². The number of epoxide rings is 1. The number of hydrogen-bond donors (Lipinski definition) is 1. The van der Waals surface area contributed by atoms with Crippen molar-refractivity contribution in [1.82, 2.24) is 0 Å². The molecule has 0 aromatic carbocycles. The summed E-state index contributed by atoms with van der Waals surface area (Å²) >= 11 is 0. The van der Waals surface area contributed by atoms with Gasteiger partial charge in [-0.05, 0) is 19.4 Å². The first-order valence-corrected chi connectivity index (χ1v) is 4.73. The number of hydrogen-bond acceptors (Lipinski definition) is 3. The van der Waals surface area contributed by atoms with Gasteiger partial charge >= 0.3 is 6.18 Å². The molecule has 0 amide bonds. The molecule has 0 aromatic heterocycles. The van der Waals surface area contributed by atoms with Crippen molar-refractivity contribution >= 4 is 5.78 Å². The summed E-state index contributed by atoms with van der Waals surface area (Å²) in [6.45, 7) is 3.26. The third-order valence-electron chi connectivity index (χ3n) is 3.12. The van der Waals surface area contributed by atoms with E-state index in [0.717, 1.165) is 13.0 Å². The summed E-state index contributed by atoms with van der Waals surface area (Å²) in [6.07, 6.45) is -4.10. The van der Waals surface area contributed by atoms with Gasteiger partial charge in [0, 0.05) is 6.61 Å². The third-order valence-corrected chi connectivity index (χ3v) is 3.12. The van der Waals surface area contributed by atoms with Crippen LogP contribution in [-0.4, -0.2) is 35.9 Å². The molecule has 6 heteroatoms. The van der Waals surface area contributed by atoms with Crippen LogP contribution < -0.4 is 0 Å². The molecule has 16 heavy (non-hydrogen) atoms. The van der Waals surface area contributed by atoms with Crippen LogP contribution in [0.2, 0.25) is 0 Å². The highest BCUT2D eigenvalue weighted by molar-refractivity contribution is 5.95. The molecule has 92 valence electrons. The zero-order valence-corrected chi connectivity index (χ0v) is 8.80. The summed E-state index contributed by atoms with van der Waals surface area (Å²) in [4.78, 5) is 11.5. The SMILES string of the molecule is C=CC(=O)C(C)(CCO)C1(C(F)(F)F)CO1. The van der Waals surface area contributed by atoms with Crippen molar-refractivity contribution in [3.05, 3.63) is 12.7 Å². The second-order valence-electron chi connectivity index (χ2n) is 3.99. The Bertz CT molecular complexity index is 307. The Labute approximate surface area is 90.9 Å². The molecule has 1 fully saturated rings. The van der Waals surface area contributed by atoms with Crippen LogP contribution in [0.3, 0.4) is 0 Å². The van der Waals surface area contributed by atoms with E-state index in [4.69, 9.17) is 5.11 Å². The van der Waals surface area contributed by atoms with E-state index in [1.54, 1.807) is 0 Å². The Morgan fingerprint density at radius 3 is 2.38 bits per heavy atom. The van der Waals surface area contributed by atoms with Gasteiger partial charge in [-0.3, -0.25) is 4.79 Å². The fourth-order valence-electron chi connectivity index (χ4n) is 1.84. The molecule has 1 rings (SSSR count). The molecular weight excluding hydrogens is 225 g/mol. The third kappa shape index (κ3) is 1.66. The van der Waals surface area contributed by atoms with Crippen LogP contribution >= 0.6 is 0 Å². The van der Waals surface area contributed by atoms with E-state index in [9.17, 15) is 18.0 Å². The first-order valence-electron chi connectivity index (χ1n) is 4.73. The minimum atomic E-state index is -4.63. The van der Waals surface area contributed by atoms with Gasteiger partial charge in [0.15, 0.2) is 11.4 Å². The molecule has 1 saturated heterocycles. The van der Waals surface area contributed by atoms with Gasteiger partial charge in [0.05, 0.1) is 12.0 Å². The highest BCUT2D eigenvalue weighted by Gasteiger charge is 2.76. The zero-order valence-electron chi connectivity index (χ0n) is 8.80. The highest BCUT2D eigenvalue weighted by atomic mass is 19.4. The van der Waals surface area contributed by atoms with Gasteiger partial charge in [0.2, 0.25) is 0 Å². The number of aliphatic hydroxyl groups is 1. The average molecular weight is 238 g/mol. The predicted molar refractivity (Wildman–Crippen MR) is 49.8 cm³/mol. The van der Waals surface area contributed by atoms with Crippen molar-refractivity contribution in [2.24, 2.45) is 5.41 Å². The Morgan fingerprint density at radius 2 is 2.12 bits per heavy atom. The molecular formula is C10H13F3O3. The van der Waals surface area contributed by atoms with Gasteiger partial charge in [-0.1, -0.05) is 6.58 Å². The fraction of sp³-hybridized carbons (Fsp3) is 0.700. The Hall–Kier alpha value is -0.880. The van der Waals surface area contributed by atoms with Gasteiger partial charge in [-0.2, -0.15) is 13.2 Å². The van der Waals surface area contributed by atoms with Crippen molar-refractivity contribution in [2.75, 3.05) is 13.2 Å². The van der Waals surface area contributed by atoms with Crippen molar-refractivity contribution < 1.29 is 27.8 Å². The van der Waals surface area contributed by atoms with E-state index in [0.29, 0.717) is 0 Å². The maximum Gasteiger partial charge on any atom is 0.420 e. The standard InChI is InChI=1S/C10H13F3O3/c1-3-7(15)8(2,4-5-14)9(6-16-9)10(11,12)13/h3,14H,1,4-6H2,2H3. The summed E-state index contributed by atoms with van der Waals surface area (Å²) in [5.74, 6) is -0.767. The Balaban J connectivity index is 3.12. The monoisotopic (exact) mass is 238 g/mol. The lowest BCUT2D eigenvalue weighted by atomic mass is 9.70. The molecule has 0 saturated carbocycles. The van der Waals surface area contributed by atoms with Gasteiger partial charge in [0.1, 0.15) is 0 Å². The minimum absolute atomic E-state index is 0.308. The lowest BCUT2D eigenvalue weighted by molar-refractivity contribution is -0.215. The molecule has 1 aliphatic heterocycles. The van der Waals surface area contributed by atoms with E-state index < -0.39 is 36.2 Å². The van der Waals surface area contributed by atoms with Crippen LogP contribution in [0.4, 0.5) is 13.2 Å². The van der Waals surface area contributed by atoms with Crippen LogP contribution in [0.15, 0.2) is 12.7 Å². The largest absolute Gasteiger partial charge is 0.420 e. The molecule has 0 aliphatic carbocycles. The maximum atomic E-state index is 12.8. The number of allylic oxidation sites excluding steroid dienone is 1. The van der Waals surface area contributed by atoms with Gasteiger partial charge in [-0.15, -0.1) is 0 Å². The molecule has 2 unspecified atom stereocenters. The number of rotatable bonds is 5. The first-order chi connectivity index (χ1) is 7.25. The van der Waals surface area contributed by atoms with Crippen LogP contribution in [0.1, 0.15) is 13.3 Å². The number of carbonyl (C=O) groups is 1. The fourth-order valence-corrected chi connectivity index (χ4v) is 1.84. The highest BCUT2D eigenvalue weighted by Crippen LogP contribution is 2.56. The smallest absolute Gasteiger partial charge is 0.396 e. The number of ketones is 1.